The average Bonchev–Trinajstić information content (AvgIpc) is 2.59. The summed E-state index contributed by atoms with van der Waals surface area (Å²) in [5.74, 6) is 0. The number of hydrogen-bond donors (Lipinski definition) is 1. The van der Waals surface area contributed by atoms with Crippen molar-refractivity contribution in [2.75, 3.05) is 13.6 Å². The second-order valence-electron chi connectivity index (χ2n) is 4.68. The highest BCUT2D eigenvalue weighted by Gasteiger charge is 2.11. The van der Waals surface area contributed by atoms with Gasteiger partial charge in [-0.2, -0.15) is 0 Å². The molecule has 92 valence electrons. The second kappa shape index (κ2) is 4.92. The van der Waals surface area contributed by atoms with E-state index in [0.717, 1.165) is 19.4 Å². The number of aryl methyl sites for hydroxylation is 2. The highest BCUT2D eigenvalue weighted by atomic mass is 14.9. The van der Waals surface area contributed by atoms with Crippen molar-refractivity contribution in [3.63, 3.8) is 0 Å². The number of hydrogen-bond acceptors (Lipinski definition) is 1. The van der Waals surface area contributed by atoms with Gasteiger partial charge in [-0.25, -0.2) is 0 Å². The third-order valence-electron chi connectivity index (χ3n) is 3.72. The summed E-state index contributed by atoms with van der Waals surface area (Å²) >= 11 is 0. The predicted octanol–water partition coefficient (Wildman–Crippen LogP) is 2.81. The van der Waals surface area contributed by atoms with Gasteiger partial charge in [0.25, 0.3) is 0 Å². The fourth-order valence-corrected chi connectivity index (χ4v) is 2.48. The maximum absolute atomic E-state index is 3.24. The lowest BCUT2D eigenvalue weighted by molar-refractivity contribution is 0.783. The van der Waals surface area contributed by atoms with Gasteiger partial charge in [0.2, 0.25) is 0 Å². The normalized spacial score (nSPS) is 11.3. The minimum Gasteiger partial charge on any atom is -0.348 e. The second-order valence-corrected chi connectivity index (χ2v) is 4.68. The fraction of sp³-hybridized carbons (Fsp3) is 0.467. The number of benzene rings is 1. The third-order valence-corrected chi connectivity index (χ3v) is 3.72. The molecule has 0 aliphatic carbocycles. The van der Waals surface area contributed by atoms with E-state index in [2.05, 4.69) is 49.0 Å². The number of fused-ring (bicyclic) bond motifs is 1. The van der Waals surface area contributed by atoms with Crippen LogP contribution in [0.4, 0.5) is 0 Å². The van der Waals surface area contributed by atoms with Gasteiger partial charge in [0.05, 0.1) is 0 Å². The molecular formula is C15H22N2. The molecule has 1 aromatic carbocycles. The molecule has 0 saturated heterocycles. The topological polar surface area (TPSA) is 17.0 Å². The summed E-state index contributed by atoms with van der Waals surface area (Å²) in [6, 6.07) is 6.85. The maximum atomic E-state index is 3.24. The number of rotatable bonds is 4. The lowest BCUT2D eigenvalue weighted by Crippen LogP contribution is -2.10. The Kier molecular flexibility index (Phi) is 3.53. The molecule has 0 unspecified atom stereocenters. The number of aromatic nitrogens is 1. The molecule has 1 heterocycles. The van der Waals surface area contributed by atoms with Gasteiger partial charge in [-0.15, -0.1) is 0 Å². The van der Waals surface area contributed by atoms with Crippen molar-refractivity contribution in [3.8, 4) is 0 Å². The van der Waals surface area contributed by atoms with E-state index in [1.165, 1.54) is 27.7 Å². The van der Waals surface area contributed by atoms with Gasteiger partial charge >= 0.3 is 0 Å². The number of likely N-dealkylation sites (N-methyl/N-ethyl adjacent to an activating group) is 1. The van der Waals surface area contributed by atoms with E-state index in [0.29, 0.717) is 0 Å². The highest BCUT2D eigenvalue weighted by Crippen LogP contribution is 2.26. The van der Waals surface area contributed by atoms with Gasteiger partial charge in [0.1, 0.15) is 0 Å². The fourth-order valence-electron chi connectivity index (χ4n) is 2.48. The number of nitrogens with one attached hydrogen (secondary N) is 1. The van der Waals surface area contributed by atoms with Crippen LogP contribution in [0.3, 0.4) is 0 Å². The summed E-state index contributed by atoms with van der Waals surface area (Å²) in [5.41, 5.74) is 5.66. The zero-order chi connectivity index (χ0) is 12.4. The van der Waals surface area contributed by atoms with Crippen LogP contribution in [0.25, 0.3) is 10.9 Å². The van der Waals surface area contributed by atoms with E-state index in [4.69, 9.17) is 0 Å². The molecule has 0 fully saturated rings. The van der Waals surface area contributed by atoms with E-state index in [9.17, 15) is 0 Å². The summed E-state index contributed by atoms with van der Waals surface area (Å²) in [6.45, 7) is 5.47. The molecule has 1 aromatic heterocycles. The standard InChI is InChI=1S/C15H22N2/c1-5-12-6-7-15-14(10-12)13(8-9-16-3)11(2)17(15)4/h6-7,10,16H,5,8-9H2,1-4H3. The Morgan fingerprint density at radius 2 is 2.06 bits per heavy atom. The first-order valence-electron chi connectivity index (χ1n) is 6.40. The van der Waals surface area contributed by atoms with Crippen molar-refractivity contribution in [3.05, 3.63) is 35.0 Å². The van der Waals surface area contributed by atoms with Crippen LogP contribution in [0.15, 0.2) is 18.2 Å². The predicted molar refractivity (Wildman–Crippen MR) is 74.7 cm³/mol. The smallest absolute Gasteiger partial charge is 0.0482 e. The molecule has 0 saturated carbocycles. The molecule has 0 aliphatic heterocycles. The van der Waals surface area contributed by atoms with E-state index in [-0.39, 0.29) is 0 Å². The molecular weight excluding hydrogens is 208 g/mol. The summed E-state index contributed by atoms with van der Waals surface area (Å²) in [6.07, 6.45) is 2.21. The summed E-state index contributed by atoms with van der Waals surface area (Å²) in [5, 5.41) is 4.67. The SMILES string of the molecule is CCc1ccc2c(c1)c(CCNC)c(C)n2C. The Hall–Kier alpha value is -1.28. The van der Waals surface area contributed by atoms with E-state index >= 15 is 0 Å². The third kappa shape index (κ3) is 2.09. The van der Waals surface area contributed by atoms with Gasteiger partial charge in [0.15, 0.2) is 0 Å². The molecule has 2 aromatic rings. The van der Waals surface area contributed by atoms with Crippen LogP contribution in [0.5, 0.6) is 0 Å². The Labute approximate surface area is 104 Å². The van der Waals surface area contributed by atoms with Gasteiger partial charge < -0.3 is 9.88 Å². The highest BCUT2D eigenvalue weighted by molar-refractivity contribution is 5.86. The van der Waals surface area contributed by atoms with Crippen molar-refractivity contribution < 1.29 is 0 Å². The van der Waals surface area contributed by atoms with Crippen LogP contribution in [0, 0.1) is 6.92 Å². The van der Waals surface area contributed by atoms with Crippen molar-refractivity contribution in [2.45, 2.75) is 26.7 Å². The van der Waals surface area contributed by atoms with Crippen molar-refractivity contribution in [2.24, 2.45) is 7.05 Å². The molecule has 0 atom stereocenters. The lowest BCUT2D eigenvalue weighted by Gasteiger charge is -2.02. The molecule has 0 aliphatic rings. The number of nitrogens with zero attached hydrogens (tertiary/aromatic N) is 1. The molecule has 0 amide bonds. The van der Waals surface area contributed by atoms with Crippen molar-refractivity contribution in [1.29, 1.82) is 0 Å². The monoisotopic (exact) mass is 230 g/mol. The van der Waals surface area contributed by atoms with Crippen LogP contribution >= 0.6 is 0 Å². The summed E-state index contributed by atoms with van der Waals surface area (Å²) in [4.78, 5) is 0. The van der Waals surface area contributed by atoms with E-state index in [1.807, 2.05) is 7.05 Å². The largest absolute Gasteiger partial charge is 0.348 e. The Morgan fingerprint density at radius 1 is 1.29 bits per heavy atom. The Morgan fingerprint density at radius 3 is 2.71 bits per heavy atom. The molecule has 2 heteroatoms. The van der Waals surface area contributed by atoms with Gasteiger partial charge in [-0.05, 0) is 56.6 Å². The Balaban J connectivity index is 2.58. The van der Waals surface area contributed by atoms with Crippen LogP contribution in [-0.2, 0) is 19.9 Å². The first kappa shape index (κ1) is 12.2. The molecule has 17 heavy (non-hydrogen) atoms. The van der Waals surface area contributed by atoms with Crippen LogP contribution in [0.2, 0.25) is 0 Å². The molecule has 2 rings (SSSR count). The minimum atomic E-state index is 1.04. The summed E-state index contributed by atoms with van der Waals surface area (Å²) < 4.78 is 2.31. The quantitative estimate of drug-likeness (QED) is 0.854. The lowest BCUT2D eigenvalue weighted by atomic mass is 10.0. The average molecular weight is 230 g/mol. The van der Waals surface area contributed by atoms with Crippen LogP contribution in [-0.4, -0.2) is 18.2 Å². The maximum Gasteiger partial charge on any atom is 0.0482 e. The molecule has 0 radical (unpaired) electrons. The molecule has 0 spiro atoms. The first-order valence-corrected chi connectivity index (χ1v) is 6.40. The summed E-state index contributed by atoms with van der Waals surface area (Å²) in [7, 11) is 4.17. The van der Waals surface area contributed by atoms with E-state index < -0.39 is 0 Å². The van der Waals surface area contributed by atoms with Gasteiger partial charge in [-0.3, -0.25) is 0 Å². The van der Waals surface area contributed by atoms with Crippen molar-refractivity contribution in [1.82, 2.24) is 9.88 Å². The molecule has 1 N–H and O–H groups in total. The van der Waals surface area contributed by atoms with Crippen molar-refractivity contribution >= 4 is 10.9 Å². The zero-order valence-electron chi connectivity index (χ0n) is 11.3. The Bertz CT molecular complexity index is 523. The van der Waals surface area contributed by atoms with E-state index in [1.54, 1.807) is 0 Å². The van der Waals surface area contributed by atoms with Gasteiger partial charge in [0, 0.05) is 23.6 Å². The zero-order valence-corrected chi connectivity index (χ0v) is 11.3. The van der Waals surface area contributed by atoms with Gasteiger partial charge in [-0.1, -0.05) is 13.0 Å². The molecule has 0 bridgehead atoms. The molecule has 2 nitrogen and oxygen atoms in total. The van der Waals surface area contributed by atoms with Crippen LogP contribution < -0.4 is 5.32 Å². The first-order chi connectivity index (χ1) is 8.19. The van der Waals surface area contributed by atoms with Crippen LogP contribution in [0.1, 0.15) is 23.7 Å². The minimum absolute atomic E-state index is 1.04.